The van der Waals surface area contributed by atoms with Gasteiger partial charge in [0.1, 0.15) is 0 Å². The maximum absolute atomic E-state index is 12.2. The van der Waals surface area contributed by atoms with Crippen LogP contribution in [0.1, 0.15) is 18.1 Å². The number of nitrogens with one attached hydrogen (secondary N) is 1. The maximum atomic E-state index is 12.2. The fraction of sp³-hybridized carbons (Fsp3) is 0.278. The summed E-state index contributed by atoms with van der Waals surface area (Å²) in [5, 5.41) is 12.2. The van der Waals surface area contributed by atoms with E-state index in [9.17, 15) is 9.90 Å². The summed E-state index contributed by atoms with van der Waals surface area (Å²) in [6, 6.07) is 17.7. The summed E-state index contributed by atoms with van der Waals surface area (Å²) >= 11 is 1.69. The molecule has 4 heteroatoms. The molecular formula is C18H21NO2S. The monoisotopic (exact) mass is 315 g/mol. The van der Waals surface area contributed by atoms with E-state index in [0.29, 0.717) is 6.54 Å². The van der Waals surface area contributed by atoms with E-state index in [-0.39, 0.29) is 18.4 Å². The second kappa shape index (κ2) is 8.61. The van der Waals surface area contributed by atoms with E-state index in [2.05, 4.69) is 5.32 Å². The van der Waals surface area contributed by atoms with Gasteiger partial charge in [-0.1, -0.05) is 49.4 Å². The zero-order valence-electron chi connectivity index (χ0n) is 12.7. The van der Waals surface area contributed by atoms with E-state index < -0.39 is 0 Å². The van der Waals surface area contributed by atoms with Crippen molar-refractivity contribution in [3.8, 4) is 0 Å². The minimum Gasteiger partial charge on any atom is -0.392 e. The highest BCUT2D eigenvalue weighted by Gasteiger charge is 2.13. The van der Waals surface area contributed by atoms with Gasteiger partial charge in [0.15, 0.2) is 0 Å². The molecule has 0 aliphatic carbocycles. The zero-order chi connectivity index (χ0) is 15.8. The molecule has 0 saturated heterocycles. The molecule has 2 N–H and O–H groups in total. The lowest BCUT2D eigenvalue weighted by Crippen LogP contribution is -2.30. The number of benzene rings is 2. The van der Waals surface area contributed by atoms with Gasteiger partial charge in [0, 0.05) is 23.1 Å². The number of hydrogen-bond donors (Lipinski definition) is 2. The Morgan fingerprint density at radius 2 is 1.73 bits per heavy atom. The number of carbonyl (C=O) groups excluding carboxylic acids is 1. The lowest BCUT2D eigenvalue weighted by molar-refractivity contribution is -0.124. The number of carbonyl (C=O) groups is 1. The van der Waals surface area contributed by atoms with Crippen molar-refractivity contribution in [2.75, 3.05) is 5.75 Å². The van der Waals surface area contributed by atoms with Crippen LogP contribution >= 0.6 is 11.8 Å². The van der Waals surface area contributed by atoms with E-state index in [0.717, 1.165) is 16.9 Å². The molecule has 0 fully saturated rings. The normalized spacial score (nSPS) is 11.9. The quantitative estimate of drug-likeness (QED) is 0.771. The van der Waals surface area contributed by atoms with Crippen molar-refractivity contribution in [2.45, 2.75) is 25.0 Å². The molecule has 0 aliphatic heterocycles. The summed E-state index contributed by atoms with van der Waals surface area (Å²) in [5.41, 5.74) is 1.82. The molecule has 2 aromatic rings. The number of rotatable bonds is 7. The third kappa shape index (κ3) is 4.90. The van der Waals surface area contributed by atoms with E-state index >= 15 is 0 Å². The molecule has 22 heavy (non-hydrogen) atoms. The highest BCUT2D eigenvalue weighted by molar-refractivity contribution is 7.99. The van der Waals surface area contributed by atoms with Crippen molar-refractivity contribution in [3.63, 3.8) is 0 Å². The summed E-state index contributed by atoms with van der Waals surface area (Å²) in [4.78, 5) is 13.3. The number of aliphatic hydroxyl groups is 1. The first-order valence-electron chi connectivity index (χ1n) is 7.34. The summed E-state index contributed by atoms with van der Waals surface area (Å²) < 4.78 is 0. The van der Waals surface area contributed by atoms with Crippen LogP contribution in [0.5, 0.6) is 0 Å². The van der Waals surface area contributed by atoms with Crippen LogP contribution in [-0.4, -0.2) is 16.8 Å². The first-order valence-corrected chi connectivity index (χ1v) is 8.32. The summed E-state index contributed by atoms with van der Waals surface area (Å²) in [5.74, 6) is 0.722. The Hall–Kier alpha value is -1.78. The van der Waals surface area contributed by atoms with Gasteiger partial charge in [-0.2, -0.15) is 0 Å². The van der Waals surface area contributed by atoms with Crippen LogP contribution in [0.3, 0.4) is 0 Å². The maximum Gasteiger partial charge on any atom is 0.223 e. The second-order valence-corrected chi connectivity index (χ2v) is 6.26. The van der Waals surface area contributed by atoms with Gasteiger partial charge in [0.05, 0.1) is 6.61 Å². The molecule has 1 amide bonds. The van der Waals surface area contributed by atoms with Gasteiger partial charge in [-0.25, -0.2) is 0 Å². The first kappa shape index (κ1) is 16.6. The molecular weight excluding hydrogens is 294 g/mol. The topological polar surface area (TPSA) is 49.3 Å². The first-order chi connectivity index (χ1) is 10.7. The summed E-state index contributed by atoms with van der Waals surface area (Å²) in [6.45, 7) is 2.38. The van der Waals surface area contributed by atoms with Gasteiger partial charge < -0.3 is 10.4 Å². The SMILES string of the molecule is CC(CSc1ccccc1)C(=O)NCc1ccccc1CO. The van der Waals surface area contributed by atoms with Crippen molar-refractivity contribution in [2.24, 2.45) is 5.92 Å². The third-order valence-electron chi connectivity index (χ3n) is 3.43. The summed E-state index contributed by atoms with van der Waals surface area (Å²) in [6.07, 6.45) is 0. The van der Waals surface area contributed by atoms with Crippen molar-refractivity contribution in [1.82, 2.24) is 5.32 Å². The molecule has 0 heterocycles. The fourth-order valence-electron chi connectivity index (χ4n) is 2.05. The van der Waals surface area contributed by atoms with Crippen LogP contribution < -0.4 is 5.32 Å². The molecule has 0 radical (unpaired) electrons. The van der Waals surface area contributed by atoms with Gasteiger partial charge in [-0.05, 0) is 23.3 Å². The van der Waals surface area contributed by atoms with Gasteiger partial charge in [0.25, 0.3) is 0 Å². The molecule has 1 unspecified atom stereocenters. The average molecular weight is 315 g/mol. The zero-order valence-corrected chi connectivity index (χ0v) is 13.5. The van der Waals surface area contributed by atoms with Gasteiger partial charge in [-0.15, -0.1) is 11.8 Å². The van der Waals surface area contributed by atoms with Crippen LogP contribution in [0.15, 0.2) is 59.5 Å². The Bertz CT molecular complexity index is 601. The van der Waals surface area contributed by atoms with Crippen molar-refractivity contribution in [3.05, 3.63) is 65.7 Å². The Kier molecular flexibility index (Phi) is 6.49. The molecule has 0 bridgehead atoms. The van der Waals surface area contributed by atoms with Crippen LogP contribution in [0, 0.1) is 5.92 Å². The number of hydrogen-bond acceptors (Lipinski definition) is 3. The van der Waals surface area contributed by atoms with Crippen LogP contribution in [0.4, 0.5) is 0 Å². The largest absolute Gasteiger partial charge is 0.392 e. The van der Waals surface area contributed by atoms with Crippen molar-refractivity contribution >= 4 is 17.7 Å². The Morgan fingerprint density at radius 1 is 1.09 bits per heavy atom. The predicted octanol–water partition coefficient (Wildman–Crippen LogP) is 3.22. The fourth-order valence-corrected chi connectivity index (χ4v) is 3.00. The Labute approximate surface area is 135 Å². The lowest BCUT2D eigenvalue weighted by atomic mass is 10.1. The standard InChI is InChI=1S/C18H21NO2S/c1-14(13-22-17-9-3-2-4-10-17)18(21)19-11-15-7-5-6-8-16(15)12-20/h2-10,14,20H,11-13H2,1H3,(H,19,21). The third-order valence-corrected chi connectivity index (χ3v) is 4.70. The molecule has 0 aliphatic rings. The van der Waals surface area contributed by atoms with Crippen LogP contribution in [0.2, 0.25) is 0 Å². The van der Waals surface area contributed by atoms with Crippen molar-refractivity contribution < 1.29 is 9.90 Å². The van der Waals surface area contributed by atoms with Crippen LogP contribution in [-0.2, 0) is 17.9 Å². The number of thioether (sulfide) groups is 1. The highest BCUT2D eigenvalue weighted by Crippen LogP contribution is 2.20. The lowest BCUT2D eigenvalue weighted by Gasteiger charge is -2.13. The van der Waals surface area contributed by atoms with E-state index in [1.165, 1.54) is 4.90 Å². The molecule has 116 valence electrons. The Balaban J connectivity index is 1.81. The van der Waals surface area contributed by atoms with Gasteiger partial charge in [0.2, 0.25) is 5.91 Å². The average Bonchev–Trinajstić information content (AvgIpc) is 2.58. The highest BCUT2D eigenvalue weighted by atomic mass is 32.2. The summed E-state index contributed by atoms with van der Waals surface area (Å²) in [7, 11) is 0. The Morgan fingerprint density at radius 3 is 2.41 bits per heavy atom. The molecule has 2 rings (SSSR count). The van der Waals surface area contributed by atoms with Gasteiger partial charge >= 0.3 is 0 Å². The molecule has 0 saturated carbocycles. The van der Waals surface area contributed by atoms with Crippen LogP contribution in [0.25, 0.3) is 0 Å². The molecule has 1 atom stereocenters. The van der Waals surface area contributed by atoms with Gasteiger partial charge in [-0.3, -0.25) is 4.79 Å². The van der Waals surface area contributed by atoms with E-state index in [1.807, 2.05) is 61.5 Å². The number of aliphatic hydroxyl groups excluding tert-OH is 1. The minimum atomic E-state index is -0.0634. The molecule has 2 aromatic carbocycles. The predicted molar refractivity (Wildman–Crippen MR) is 90.5 cm³/mol. The van der Waals surface area contributed by atoms with Crippen molar-refractivity contribution in [1.29, 1.82) is 0 Å². The molecule has 3 nitrogen and oxygen atoms in total. The van der Waals surface area contributed by atoms with E-state index in [1.54, 1.807) is 11.8 Å². The molecule has 0 aromatic heterocycles. The second-order valence-electron chi connectivity index (χ2n) is 5.17. The molecule has 0 spiro atoms. The van der Waals surface area contributed by atoms with E-state index in [4.69, 9.17) is 0 Å². The smallest absolute Gasteiger partial charge is 0.223 e. The number of amides is 1. The minimum absolute atomic E-state index is 0.00848.